The van der Waals surface area contributed by atoms with Crippen LogP contribution in [0.15, 0.2) is 42.6 Å². The summed E-state index contributed by atoms with van der Waals surface area (Å²) in [7, 11) is 1.83. The molecule has 0 saturated heterocycles. The van der Waals surface area contributed by atoms with Gasteiger partial charge in [-0.2, -0.15) is 5.10 Å². The van der Waals surface area contributed by atoms with Crippen LogP contribution in [0.5, 0.6) is 0 Å². The molecule has 150 valence electrons. The lowest BCUT2D eigenvalue weighted by molar-refractivity contribution is -0.135. The zero-order valence-electron chi connectivity index (χ0n) is 15.5. The average molecular weight is 449 g/mol. The molecule has 0 amide bonds. The molecule has 1 atom stereocenters. The summed E-state index contributed by atoms with van der Waals surface area (Å²) in [6.07, 6.45) is 1.72. The Morgan fingerprint density at radius 1 is 1.31 bits per heavy atom. The van der Waals surface area contributed by atoms with E-state index in [1.165, 1.54) is 0 Å². The fourth-order valence-electron chi connectivity index (χ4n) is 3.59. The maximum atomic E-state index is 11.5. The van der Waals surface area contributed by atoms with Crippen molar-refractivity contribution in [2.75, 3.05) is 23.7 Å². The lowest BCUT2D eigenvalue weighted by Crippen LogP contribution is -2.33. The molecule has 0 aliphatic carbocycles. The minimum Gasteiger partial charge on any atom is -0.480 e. The highest BCUT2D eigenvalue weighted by Gasteiger charge is 2.34. The van der Waals surface area contributed by atoms with E-state index in [0.717, 1.165) is 34.1 Å². The van der Waals surface area contributed by atoms with Crippen molar-refractivity contribution in [1.29, 1.82) is 0 Å². The molecule has 1 unspecified atom stereocenters. The molecule has 1 aromatic carbocycles. The van der Waals surface area contributed by atoms with Crippen LogP contribution in [0.1, 0.15) is 16.4 Å². The molecule has 6 nitrogen and oxygen atoms in total. The van der Waals surface area contributed by atoms with Gasteiger partial charge in [0.1, 0.15) is 18.1 Å². The quantitative estimate of drug-likeness (QED) is 0.632. The number of aromatic nitrogens is 3. The number of halogens is 2. The monoisotopic (exact) mass is 448 g/mol. The lowest BCUT2D eigenvalue weighted by Gasteiger charge is -2.22. The van der Waals surface area contributed by atoms with E-state index < -0.39 is 5.97 Å². The summed E-state index contributed by atoms with van der Waals surface area (Å²) < 4.78 is 1.74. The van der Waals surface area contributed by atoms with Crippen LogP contribution in [0.2, 0.25) is 10.0 Å². The van der Waals surface area contributed by atoms with Crippen molar-refractivity contribution < 1.29 is 9.90 Å². The Morgan fingerprint density at radius 3 is 2.83 bits per heavy atom. The molecular formula is C20H18Cl2N4O2S. The summed E-state index contributed by atoms with van der Waals surface area (Å²) in [6.45, 7) is 0.489. The second kappa shape index (κ2) is 8.26. The highest BCUT2D eigenvalue weighted by atomic mass is 35.5. The van der Waals surface area contributed by atoms with Crippen LogP contribution in [-0.4, -0.2) is 44.7 Å². The number of fused-ring (bicyclic) bond motifs is 1. The number of hydrogen-bond donors (Lipinski definition) is 1. The smallest absolute Gasteiger partial charge is 0.323 e. The zero-order chi connectivity index (χ0) is 20.5. The Bertz CT molecular complexity index is 1060. The molecule has 3 heterocycles. The van der Waals surface area contributed by atoms with E-state index in [4.69, 9.17) is 28.3 Å². The Balaban J connectivity index is 1.95. The molecule has 0 spiro atoms. The first-order chi connectivity index (χ1) is 14.0. The average Bonchev–Trinajstić information content (AvgIpc) is 2.91. The number of anilines is 1. The van der Waals surface area contributed by atoms with Crippen molar-refractivity contribution in [2.45, 2.75) is 5.25 Å². The molecule has 3 aromatic rings. The van der Waals surface area contributed by atoms with Crippen molar-refractivity contribution in [1.82, 2.24) is 14.8 Å². The van der Waals surface area contributed by atoms with Crippen molar-refractivity contribution in [3.05, 3.63) is 63.8 Å². The fourth-order valence-corrected chi connectivity index (χ4v) is 5.50. The van der Waals surface area contributed by atoms with E-state index in [0.29, 0.717) is 16.6 Å². The van der Waals surface area contributed by atoms with E-state index in [2.05, 4.69) is 4.98 Å². The molecule has 1 N–H and O–H groups in total. The second-order valence-electron chi connectivity index (χ2n) is 6.66. The predicted octanol–water partition coefficient (Wildman–Crippen LogP) is 4.52. The highest BCUT2D eigenvalue weighted by molar-refractivity contribution is 7.99. The molecule has 0 saturated carbocycles. The zero-order valence-corrected chi connectivity index (χ0v) is 17.9. The third kappa shape index (κ3) is 3.95. The third-order valence-corrected chi connectivity index (χ3v) is 6.54. The maximum Gasteiger partial charge on any atom is 0.323 e. The van der Waals surface area contributed by atoms with Crippen LogP contribution in [-0.2, 0) is 11.8 Å². The molecule has 0 radical (unpaired) electrons. The summed E-state index contributed by atoms with van der Waals surface area (Å²) >= 11 is 14.4. The number of benzene rings is 1. The summed E-state index contributed by atoms with van der Waals surface area (Å²) in [6, 6.07) is 11.1. The molecule has 0 bridgehead atoms. The van der Waals surface area contributed by atoms with Crippen molar-refractivity contribution in [3.63, 3.8) is 0 Å². The van der Waals surface area contributed by atoms with Gasteiger partial charge in [-0.1, -0.05) is 35.3 Å². The largest absolute Gasteiger partial charge is 0.480 e. The highest BCUT2D eigenvalue weighted by Crippen LogP contribution is 2.48. The summed E-state index contributed by atoms with van der Waals surface area (Å²) in [4.78, 5) is 17.8. The van der Waals surface area contributed by atoms with E-state index in [9.17, 15) is 9.90 Å². The SMILES string of the molecule is Cn1nc(-c2ccccn2)c2c1N(CC(=O)O)CCSC2c1ccc(Cl)cc1Cl. The molecule has 0 fully saturated rings. The van der Waals surface area contributed by atoms with Crippen LogP contribution in [0, 0.1) is 0 Å². The minimum atomic E-state index is -0.885. The van der Waals surface area contributed by atoms with Crippen LogP contribution in [0.4, 0.5) is 5.82 Å². The number of nitrogens with zero attached hydrogens (tertiary/aromatic N) is 4. The second-order valence-corrected chi connectivity index (χ2v) is 8.71. The van der Waals surface area contributed by atoms with E-state index >= 15 is 0 Å². The number of carboxylic acids is 1. The van der Waals surface area contributed by atoms with Crippen LogP contribution in [0.3, 0.4) is 0 Å². The molecule has 2 aromatic heterocycles. The normalized spacial score (nSPS) is 16.4. The van der Waals surface area contributed by atoms with Gasteiger partial charge < -0.3 is 10.0 Å². The predicted molar refractivity (Wildman–Crippen MR) is 117 cm³/mol. The van der Waals surface area contributed by atoms with Gasteiger partial charge >= 0.3 is 5.97 Å². The third-order valence-electron chi connectivity index (χ3n) is 4.74. The Morgan fingerprint density at radius 2 is 2.14 bits per heavy atom. The summed E-state index contributed by atoms with van der Waals surface area (Å²) in [5.74, 6) is 0.631. The topological polar surface area (TPSA) is 71.2 Å². The van der Waals surface area contributed by atoms with Crippen molar-refractivity contribution in [3.8, 4) is 11.4 Å². The number of pyridine rings is 1. The van der Waals surface area contributed by atoms with Gasteiger partial charge in [-0.25, -0.2) is 0 Å². The van der Waals surface area contributed by atoms with Crippen LogP contribution >= 0.6 is 35.0 Å². The number of thioether (sulfide) groups is 1. The molecule has 29 heavy (non-hydrogen) atoms. The molecule has 9 heteroatoms. The van der Waals surface area contributed by atoms with E-state index in [1.807, 2.05) is 42.3 Å². The van der Waals surface area contributed by atoms with Gasteiger partial charge in [0.05, 0.1) is 10.9 Å². The first-order valence-electron chi connectivity index (χ1n) is 8.97. The van der Waals surface area contributed by atoms with Crippen LogP contribution in [0.25, 0.3) is 11.4 Å². The number of carbonyl (C=O) groups is 1. The van der Waals surface area contributed by atoms with Crippen molar-refractivity contribution >= 4 is 46.8 Å². The Labute approximate surface area is 182 Å². The van der Waals surface area contributed by atoms with Gasteiger partial charge in [0.15, 0.2) is 0 Å². The maximum absolute atomic E-state index is 11.5. The van der Waals surface area contributed by atoms with E-state index in [-0.39, 0.29) is 11.8 Å². The first-order valence-corrected chi connectivity index (χ1v) is 10.8. The number of hydrogen-bond acceptors (Lipinski definition) is 5. The lowest BCUT2D eigenvalue weighted by atomic mass is 10.0. The van der Waals surface area contributed by atoms with Gasteiger partial charge in [0.2, 0.25) is 0 Å². The van der Waals surface area contributed by atoms with E-state index in [1.54, 1.807) is 28.7 Å². The molecule has 1 aliphatic heterocycles. The first kappa shape index (κ1) is 20.1. The number of aryl methyl sites for hydroxylation is 1. The molecule has 4 rings (SSSR count). The van der Waals surface area contributed by atoms with Crippen molar-refractivity contribution in [2.24, 2.45) is 7.05 Å². The Kier molecular flexibility index (Phi) is 5.72. The van der Waals surface area contributed by atoms with Gasteiger partial charge in [-0.15, -0.1) is 11.8 Å². The number of aliphatic carboxylic acids is 1. The summed E-state index contributed by atoms with van der Waals surface area (Å²) in [5, 5.41) is 15.2. The van der Waals surface area contributed by atoms with Gasteiger partial charge in [0.25, 0.3) is 0 Å². The summed E-state index contributed by atoms with van der Waals surface area (Å²) in [5.41, 5.74) is 3.30. The number of rotatable bonds is 4. The fraction of sp³-hybridized carbons (Fsp3) is 0.250. The molecule has 1 aliphatic rings. The van der Waals surface area contributed by atoms with Crippen LogP contribution < -0.4 is 4.90 Å². The molecular weight excluding hydrogens is 431 g/mol. The standard InChI is InChI=1S/C20H18Cl2N4O2S/c1-25-20-17(18(24-25)15-4-2-3-7-23-15)19(13-6-5-12(21)10-14(13)22)29-9-8-26(20)11-16(27)28/h2-7,10,19H,8-9,11H2,1H3,(H,27,28). The number of carboxylic acid groups (broad SMARTS) is 1. The Hall–Kier alpha value is -2.22. The van der Waals surface area contributed by atoms with Gasteiger partial charge in [-0.3, -0.25) is 14.5 Å². The minimum absolute atomic E-state index is 0.101. The van der Waals surface area contributed by atoms with Gasteiger partial charge in [-0.05, 0) is 29.8 Å². The van der Waals surface area contributed by atoms with Gasteiger partial charge in [0, 0.05) is 41.2 Å².